The van der Waals surface area contributed by atoms with E-state index < -0.39 is 11.9 Å². The molecule has 3 amide bonds. The summed E-state index contributed by atoms with van der Waals surface area (Å²) in [5, 5.41) is 1.99. The molecule has 0 spiro atoms. The Balaban J connectivity index is 1.14. The predicted molar refractivity (Wildman–Crippen MR) is 139 cm³/mol. The van der Waals surface area contributed by atoms with Gasteiger partial charge in [-0.1, -0.05) is 43.3 Å². The quantitative estimate of drug-likeness (QED) is 0.296. The van der Waals surface area contributed by atoms with E-state index in [-0.39, 0.29) is 42.5 Å². The van der Waals surface area contributed by atoms with E-state index in [9.17, 15) is 19.2 Å². The van der Waals surface area contributed by atoms with Gasteiger partial charge in [0.15, 0.2) is 0 Å². The van der Waals surface area contributed by atoms with Gasteiger partial charge in [0.25, 0.3) is 0 Å². The zero-order valence-electron chi connectivity index (χ0n) is 20.6. The average Bonchev–Trinajstić information content (AvgIpc) is 3.41. The van der Waals surface area contributed by atoms with Gasteiger partial charge in [0.1, 0.15) is 5.75 Å². The van der Waals surface area contributed by atoms with E-state index in [1.54, 1.807) is 29.2 Å². The summed E-state index contributed by atoms with van der Waals surface area (Å²) >= 11 is 0. The minimum Gasteiger partial charge on any atom is -0.426 e. The number of imide groups is 1. The lowest BCUT2D eigenvalue weighted by atomic mass is 9.76. The van der Waals surface area contributed by atoms with Crippen LogP contribution < -0.4 is 14.5 Å². The highest BCUT2D eigenvalue weighted by atomic mass is 16.5. The molecule has 0 radical (unpaired) electrons. The van der Waals surface area contributed by atoms with Crippen LogP contribution in [0.2, 0.25) is 0 Å². The summed E-state index contributed by atoms with van der Waals surface area (Å²) in [6.45, 7) is 2.38. The minimum absolute atomic E-state index is 0.0815. The van der Waals surface area contributed by atoms with Crippen molar-refractivity contribution in [2.45, 2.75) is 32.6 Å². The molecule has 2 heterocycles. The van der Waals surface area contributed by atoms with E-state index in [0.717, 1.165) is 35.7 Å². The van der Waals surface area contributed by atoms with Gasteiger partial charge in [0, 0.05) is 18.4 Å². The van der Waals surface area contributed by atoms with Gasteiger partial charge in [-0.15, -0.1) is 0 Å². The van der Waals surface area contributed by atoms with Crippen molar-refractivity contribution in [2.24, 2.45) is 23.7 Å². The second kappa shape index (κ2) is 9.14. The molecule has 4 atom stereocenters. The normalized spacial score (nSPS) is 25.6. The molecule has 37 heavy (non-hydrogen) atoms. The van der Waals surface area contributed by atoms with Gasteiger partial charge in [0.2, 0.25) is 17.7 Å². The maximum absolute atomic E-state index is 13.0. The lowest BCUT2D eigenvalue weighted by Crippen LogP contribution is -2.30. The smallest absolute Gasteiger partial charge is 0.316 e. The summed E-state index contributed by atoms with van der Waals surface area (Å²) in [4.78, 5) is 54.6. The number of fused-ring (bicyclic) bond motifs is 2. The first kappa shape index (κ1) is 23.4. The van der Waals surface area contributed by atoms with Crippen molar-refractivity contribution in [1.82, 2.24) is 0 Å². The number of ether oxygens (including phenoxy) is 1. The number of benzene rings is 3. The highest BCUT2D eigenvalue weighted by Gasteiger charge is 2.50. The zero-order chi connectivity index (χ0) is 25.7. The highest BCUT2D eigenvalue weighted by molar-refractivity contribution is 6.22. The molecule has 0 N–H and O–H groups in total. The molecule has 0 unspecified atom stereocenters. The average molecular weight is 497 g/mol. The molecule has 2 saturated heterocycles. The third-order valence-corrected chi connectivity index (χ3v) is 8.02. The van der Waals surface area contributed by atoms with Gasteiger partial charge >= 0.3 is 5.97 Å². The maximum Gasteiger partial charge on any atom is 0.316 e. The molecule has 7 nitrogen and oxygen atoms in total. The van der Waals surface area contributed by atoms with Gasteiger partial charge in [-0.05, 0) is 60.9 Å². The lowest BCUT2D eigenvalue weighted by molar-refractivity contribution is -0.139. The fourth-order valence-electron chi connectivity index (χ4n) is 6.05. The Bertz CT molecular complexity index is 1410. The molecule has 0 bridgehead atoms. The van der Waals surface area contributed by atoms with E-state index >= 15 is 0 Å². The Morgan fingerprint density at radius 2 is 1.59 bits per heavy atom. The van der Waals surface area contributed by atoms with Crippen molar-refractivity contribution >= 4 is 45.8 Å². The molecule has 188 valence electrons. The molecular weight excluding hydrogens is 468 g/mol. The van der Waals surface area contributed by atoms with Gasteiger partial charge in [-0.25, -0.2) is 0 Å². The fraction of sp³-hybridized carbons (Fsp3) is 0.333. The third-order valence-electron chi connectivity index (χ3n) is 8.02. The van der Waals surface area contributed by atoms with Crippen LogP contribution in [0.1, 0.15) is 32.6 Å². The number of hydrogen-bond donors (Lipinski definition) is 0. The number of nitrogens with zero attached hydrogens (tertiary/aromatic N) is 2. The second-order valence-corrected chi connectivity index (χ2v) is 10.5. The molecular formula is C30H28N2O5. The Labute approximate surface area is 215 Å². The topological polar surface area (TPSA) is 84.0 Å². The lowest BCUT2D eigenvalue weighted by Gasteiger charge is -2.25. The van der Waals surface area contributed by atoms with Crippen molar-refractivity contribution in [3.63, 3.8) is 0 Å². The Hall–Kier alpha value is -4.00. The predicted octanol–water partition coefficient (Wildman–Crippen LogP) is 4.72. The van der Waals surface area contributed by atoms with E-state index in [1.807, 2.05) is 42.5 Å². The SMILES string of the molecule is C[C@@H]1CC[C@@H]2C(=O)N(c3ccc(OC(=O)[C@H]4CC(=O)N(c5cccc6ccccc56)C4)cc3)C(=O)[C@H]2C1. The largest absolute Gasteiger partial charge is 0.426 e. The minimum atomic E-state index is -0.585. The van der Waals surface area contributed by atoms with Crippen molar-refractivity contribution in [3.05, 3.63) is 66.7 Å². The zero-order valence-corrected chi connectivity index (χ0v) is 20.6. The summed E-state index contributed by atoms with van der Waals surface area (Å²) in [6.07, 6.45) is 2.54. The Morgan fingerprint density at radius 1 is 0.865 bits per heavy atom. The van der Waals surface area contributed by atoms with E-state index in [0.29, 0.717) is 17.4 Å². The molecule has 3 aromatic rings. The van der Waals surface area contributed by atoms with Gasteiger partial charge in [-0.3, -0.25) is 24.1 Å². The van der Waals surface area contributed by atoms with Crippen LogP contribution in [0.4, 0.5) is 11.4 Å². The number of rotatable bonds is 4. The molecule has 7 heteroatoms. The number of carbonyl (C=O) groups excluding carboxylic acids is 4. The Kier molecular flexibility index (Phi) is 5.78. The van der Waals surface area contributed by atoms with Crippen molar-refractivity contribution < 1.29 is 23.9 Å². The van der Waals surface area contributed by atoms with Crippen LogP contribution in [0.15, 0.2) is 66.7 Å². The van der Waals surface area contributed by atoms with Gasteiger partial charge in [0.05, 0.1) is 29.1 Å². The first-order chi connectivity index (χ1) is 17.9. The van der Waals surface area contributed by atoms with Crippen LogP contribution in [0, 0.1) is 23.7 Å². The summed E-state index contributed by atoms with van der Waals surface area (Å²) in [5.41, 5.74) is 1.28. The number of esters is 1. The van der Waals surface area contributed by atoms with Crippen LogP contribution in [0.3, 0.4) is 0 Å². The second-order valence-electron chi connectivity index (χ2n) is 10.5. The fourth-order valence-corrected chi connectivity index (χ4v) is 6.05. The molecule has 0 aromatic heterocycles. The van der Waals surface area contributed by atoms with E-state index in [4.69, 9.17) is 4.74 Å². The number of hydrogen-bond acceptors (Lipinski definition) is 5. The third kappa shape index (κ3) is 4.08. The first-order valence-electron chi connectivity index (χ1n) is 12.9. The van der Waals surface area contributed by atoms with Crippen LogP contribution >= 0.6 is 0 Å². The highest BCUT2D eigenvalue weighted by Crippen LogP contribution is 2.42. The number of anilines is 2. The molecule has 1 aliphatic carbocycles. The van der Waals surface area contributed by atoms with Crippen molar-refractivity contribution in [1.29, 1.82) is 0 Å². The van der Waals surface area contributed by atoms with Gasteiger partial charge < -0.3 is 9.64 Å². The van der Waals surface area contributed by atoms with Gasteiger partial charge in [-0.2, -0.15) is 0 Å². The van der Waals surface area contributed by atoms with Crippen LogP contribution in [-0.2, 0) is 19.2 Å². The van der Waals surface area contributed by atoms with Crippen LogP contribution in [-0.4, -0.2) is 30.2 Å². The summed E-state index contributed by atoms with van der Waals surface area (Å²) in [6, 6.07) is 20.1. The van der Waals surface area contributed by atoms with Crippen LogP contribution in [0.25, 0.3) is 10.8 Å². The molecule has 1 saturated carbocycles. The molecule has 3 fully saturated rings. The molecule has 3 aromatic carbocycles. The molecule has 6 rings (SSSR count). The van der Waals surface area contributed by atoms with E-state index in [1.165, 1.54) is 4.90 Å². The van der Waals surface area contributed by atoms with Crippen LogP contribution in [0.5, 0.6) is 5.75 Å². The molecule has 2 aliphatic heterocycles. The number of amides is 3. The summed E-state index contributed by atoms with van der Waals surface area (Å²) < 4.78 is 5.59. The maximum atomic E-state index is 13.0. The summed E-state index contributed by atoms with van der Waals surface area (Å²) in [5.74, 6) is -1.16. The van der Waals surface area contributed by atoms with Crippen molar-refractivity contribution in [2.75, 3.05) is 16.3 Å². The van der Waals surface area contributed by atoms with Crippen molar-refractivity contribution in [3.8, 4) is 5.75 Å². The first-order valence-corrected chi connectivity index (χ1v) is 12.9. The van der Waals surface area contributed by atoms with E-state index in [2.05, 4.69) is 6.92 Å². The number of carbonyl (C=O) groups is 4. The molecule has 3 aliphatic rings. The monoisotopic (exact) mass is 496 g/mol. The Morgan fingerprint density at radius 3 is 2.41 bits per heavy atom. The standard InChI is InChI=1S/C30H28N2O5/c1-18-9-14-24-25(15-18)29(35)32(28(24)34)21-10-12-22(13-11-21)37-30(36)20-16-27(33)31(17-20)26-8-4-6-19-5-2-3-7-23(19)26/h2-8,10-13,18,20,24-25H,9,14-17H2,1H3/t18-,20+,24+,25+/m1/s1. The summed E-state index contributed by atoms with van der Waals surface area (Å²) in [7, 11) is 0.